The second-order valence-corrected chi connectivity index (χ2v) is 5.30. The Bertz CT molecular complexity index is 425. The molecule has 1 aromatic carbocycles. The average molecular weight is 260 g/mol. The van der Waals surface area contributed by atoms with Crippen LogP contribution in [-0.2, 0) is 6.54 Å². The number of nitrogens with one attached hydrogen (secondary N) is 1. The summed E-state index contributed by atoms with van der Waals surface area (Å²) in [5.41, 5.74) is 2.62. The van der Waals surface area contributed by atoms with Crippen LogP contribution in [0, 0.1) is 0 Å². The highest BCUT2D eigenvalue weighted by molar-refractivity contribution is 7.07. The summed E-state index contributed by atoms with van der Waals surface area (Å²) in [7, 11) is 2.18. The molecule has 0 spiro atoms. The van der Waals surface area contributed by atoms with Gasteiger partial charge in [-0.2, -0.15) is 11.3 Å². The Labute approximate surface area is 113 Å². The zero-order valence-corrected chi connectivity index (χ0v) is 11.6. The first-order chi connectivity index (χ1) is 8.84. The van der Waals surface area contributed by atoms with Gasteiger partial charge < -0.3 is 10.2 Å². The Morgan fingerprint density at radius 1 is 1.17 bits per heavy atom. The van der Waals surface area contributed by atoms with Crippen LogP contribution in [0.5, 0.6) is 0 Å². The maximum atomic E-state index is 3.43. The van der Waals surface area contributed by atoms with Crippen LogP contribution in [-0.4, -0.2) is 25.0 Å². The lowest BCUT2D eigenvalue weighted by molar-refractivity contribution is 0.326. The summed E-state index contributed by atoms with van der Waals surface area (Å²) in [6.07, 6.45) is 1.16. The van der Waals surface area contributed by atoms with E-state index in [-0.39, 0.29) is 0 Å². The van der Waals surface area contributed by atoms with Crippen molar-refractivity contribution in [3.8, 4) is 0 Å². The second kappa shape index (κ2) is 7.19. The molecule has 2 rings (SSSR count). The van der Waals surface area contributed by atoms with E-state index in [9.17, 15) is 0 Å². The highest BCUT2D eigenvalue weighted by atomic mass is 32.1. The molecule has 0 radical (unpaired) electrons. The first-order valence-corrected chi connectivity index (χ1v) is 7.27. The van der Waals surface area contributed by atoms with Crippen LogP contribution in [0.3, 0.4) is 0 Å². The largest absolute Gasteiger partial charge is 0.385 e. The monoisotopic (exact) mass is 260 g/mol. The van der Waals surface area contributed by atoms with Crippen molar-refractivity contribution in [2.24, 2.45) is 0 Å². The molecule has 1 heterocycles. The first kappa shape index (κ1) is 13.1. The van der Waals surface area contributed by atoms with Crippen molar-refractivity contribution >= 4 is 17.0 Å². The van der Waals surface area contributed by atoms with E-state index in [0.717, 1.165) is 26.1 Å². The predicted molar refractivity (Wildman–Crippen MR) is 80.2 cm³/mol. The summed E-state index contributed by atoms with van der Waals surface area (Å²) in [6, 6.07) is 12.6. The van der Waals surface area contributed by atoms with Gasteiger partial charge in [0.1, 0.15) is 0 Å². The Kier molecular flexibility index (Phi) is 5.24. The van der Waals surface area contributed by atoms with E-state index in [1.165, 1.54) is 11.3 Å². The molecule has 0 aliphatic carbocycles. The van der Waals surface area contributed by atoms with E-state index >= 15 is 0 Å². The van der Waals surface area contributed by atoms with Gasteiger partial charge >= 0.3 is 0 Å². The highest BCUT2D eigenvalue weighted by Crippen LogP contribution is 2.09. The van der Waals surface area contributed by atoms with Crippen LogP contribution in [0.2, 0.25) is 0 Å². The number of nitrogens with zero attached hydrogens (tertiary/aromatic N) is 1. The lowest BCUT2D eigenvalue weighted by Gasteiger charge is -2.16. The van der Waals surface area contributed by atoms with E-state index in [1.807, 2.05) is 6.07 Å². The second-order valence-electron chi connectivity index (χ2n) is 4.52. The fourth-order valence-electron chi connectivity index (χ4n) is 1.91. The van der Waals surface area contributed by atoms with E-state index in [2.05, 4.69) is 58.4 Å². The molecule has 0 saturated heterocycles. The normalized spacial score (nSPS) is 10.8. The summed E-state index contributed by atoms with van der Waals surface area (Å²) < 4.78 is 0. The zero-order chi connectivity index (χ0) is 12.6. The SMILES string of the molecule is CN(CCCNc1ccccc1)Cc1ccsc1. The quantitative estimate of drug-likeness (QED) is 0.764. The van der Waals surface area contributed by atoms with Gasteiger partial charge in [-0.3, -0.25) is 0 Å². The number of rotatable bonds is 7. The van der Waals surface area contributed by atoms with Crippen molar-refractivity contribution in [3.05, 3.63) is 52.7 Å². The third kappa shape index (κ3) is 4.51. The van der Waals surface area contributed by atoms with Gasteiger partial charge in [0.2, 0.25) is 0 Å². The van der Waals surface area contributed by atoms with Crippen LogP contribution >= 0.6 is 11.3 Å². The van der Waals surface area contributed by atoms with Crippen molar-refractivity contribution in [1.29, 1.82) is 0 Å². The summed E-state index contributed by atoms with van der Waals surface area (Å²) in [5.74, 6) is 0. The van der Waals surface area contributed by atoms with Gasteiger partial charge in [0.05, 0.1) is 0 Å². The number of thiophene rings is 1. The molecule has 18 heavy (non-hydrogen) atoms. The molecule has 96 valence electrons. The van der Waals surface area contributed by atoms with Gasteiger partial charge in [-0.1, -0.05) is 18.2 Å². The maximum absolute atomic E-state index is 3.43. The van der Waals surface area contributed by atoms with Crippen LogP contribution in [0.4, 0.5) is 5.69 Å². The van der Waals surface area contributed by atoms with E-state index in [1.54, 1.807) is 11.3 Å². The fraction of sp³-hybridized carbons (Fsp3) is 0.333. The molecule has 0 fully saturated rings. The number of hydrogen-bond donors (Lipinski definition) is 1. The van der Waals surface area contributed by atoms with Gasteiger partial charge in [-0.05, 0) is 54.5 Å². The number of hydrogen-bond acceptors (Lipinski definition) is 3. The Morgan fingerprint density at radius 3 is 2.72 bits per heavy atom. The first-order valence-electron chi connectivity index (χ1n) is 6.33. The van der Waals surface area contributed by atoms with Gasteiger partial charge in [0, 0.05) is 18.8 Å². The Hall–Kier alpha value is -1.32. The summed E-state index contributed by atoms with van der Waals surface area (Å²) in [6.45, 7) is 3.20. The molecule has 0 atom stereocenters. The van der Waals surface area contributed by atoms with Crippen molar-refractivity contribution in [1.82, 2.24) is 4.90 Å². The molecule has 0 bridgehead atoms. The smallest absolute Gasteiger partial charge is 0.0340 e. The average Bonchev–Trinajstić information content (AvgIpc) is 2.89. The highest BCUT2D eigenvalue weighted by Gasteiger charge is 2.00. The molecule has 1 aromatic heterocycles. The number of para-hydroxylation sites is 1. The summed E-state index contributed by atoms with van der Waals surface area (Å²) >= 11 is 1.77. The topological polar surface area (TPSA) is 15.3 Å². The molecule has 0 amide bonds. The zero-order valence-electron chi connectivity index (χ0n) is 10.8. The fourth-order valence-corrected chi connectivity index (χ4v) is 2.57. The molecule has 3 heteroatoms. The summed E-state index contributed by atoms with van der Waals surface area (Å²) in [5, 5.41) is 7.79. The third-order valence-corrected chi connectivity index (χ3v) is 3.58. The minimum Gasteiger partial charge on any atom is -0.385 e. The standard InChI is InChI=1S/C15H20N2S/c1-17(12-14-8-11-18-13-14)10-5-9-16-15-6-3-2-4-7-15/h2-4,6-8,11,13,16H,5,9-10,12H2,1H3. The molecular weight excluding hydrogens is 240 g/mol. The van der Waals surface area contributed by atoms with E-state index in [0.29, 0.717) is 0 Å². The van der Waals surface area contributed by atoms with Crippen LogP contribution < -0.4 is 5.32 Å². The van der Waals surface area contributed by atoms with Crippen LogP contribution in [0.25, 0.3) is 0 Å². The van der Waals surface area contributed by atoms with Crippen molar-refractivity contribution in [2.45, 2.75) is 13.0 Å². The molecule has 2 aromatic rings. The molecule has 1 N–H and O–H groups in total. The third-order valence-electron chi connectivity index (χ3n) is 2.85. The van der Waals surface area contributed by atoms with Gasteiger partial charge in [0.15, 0.2) is 0 Å². The Balaban J connectivity index is 1.60. The van der Waals surface area contributed by atoms with Gasteiger partial charge in [-0.15, -0.1) is 0 Å². The predicted octanol–water partition coefficient (Wildman–Crippen LogP) is 3.68. The maximum Gasteiger partial charge on any atom is 0.0340 e. The molecule has 0 saturated carbocycles. The molecule has 2 nitrogen and oxygen atoms in total. The lowest BCUT2D eigenvalue weighted by Crippen LogP contribution is -2.20. The van der Waals surface area contributed by atoms with Gasteiger partial charge in [-0.25, -0.2) is 0 Å². The van der Waals surface area contributed by atoms with E-state index in [4.69, 9.17) is 0 Å². The Morgan fingerprint density at radius 2 is 2.00 bits per heavy atom. The molecule has 0 unspecified atom stereocenters. The number of benzene rings is 1. The number of anilines is 1. The van der Waals surface area contributed by atoms with Crippen LogP contribution in [0.1, 0.15) is 12.0 Å². The summed E-state index contributed by atoms with van der Waals surface area (Å²) in [4.78, 5) is 2.37. The molecule has 0 aliphatic heterocycles. The minimum absolute atomic E-state index is 1.03. The van der Waals surface area contributed by atoms with Crippen molar-refractivity contribution in [2.75, 3.05) is 25.5 Å². The van der Waals surface area contributed by atoms with Crippen molar-refractivity contribution < 1.29 is 0 Å². The van der Waals surface area contributed by atoms with Crippen molar-refractivity contribution in [3.63, 3.8) is 0 Å². The van der Waals surface area contributed by atoms with Gasteiger partial charge in [0.25, 0.3) is 0 Å². The minimum atomic E-state index is 1.03. The lowest BCUT2D eigenvalue weighted by atomic mass is 10.3. The molecule has 0 aliphatic rings. The molecular formula is C15H20N2S. The van der Waals surface area contributed by atoms with E-state index < -0.39 is 0 Å². The van der Waals surface area contributed by atoms with Crippen LogP contribution in [0.15, 0.2) is 47.2 Å².